The van der Waals surface area contributed by atoms with Crippen LogP contribution in [0.15, 0.2) is 35.1 Å². The second-order valence-electron chi connectivity index (χ2n) is 4.83. The average Bonchev–Trinajstić information content (AvgIpc) is 2.77. The summed E-state index contributed by atoms with van der Waals surface area (Å²) in [6.45, 7) is 6.06. The number of anilines is 1. The van der Waals surface area contributed by atoms with Crippen molar-refractivity contribution in [3.05, 3.63) is 46.4 Å². The summed E-state index contributed by atoms with van der Waals surface area (Å²) in [4.78, 5) is 0. The molecule has 19 heavy (non-hydrogen) atoms. The predicted octanol–water partition coefficient (Wildman–Crippen LogP) is 4.54. The van der Waals surface area contributed by atoms with E-state index in [0.29, 0.717) is 11.6 Å². The SMILES string of the molecule is CC(Nc1cnn(C(C)C)c1)c1ccc(Br)cc1F. The molecule has 2 rings (SSSR count). The van der Waals surface area contributed by atoms with Crippen LogP contribution in [0.4, 0.5) is 10.1 Å². The molecule has 1 heterocycles. The Morgan fingerprint density at radius 3 is 2.63 bits per heavy atom. The maximum atomic E-state index is 13.8. The highest BCUT2D eigenvalue weighted by molar-refractivity contribution is 9.10. The molecule has 0 bridgehead atoms. The van der Waals surface area contributed by atoms with E-state index in [1.807, 2.05) is 23.9 Å². The first-order chi connectivity index (χ1) is 8.97. The number of hydrogen-bond donors (Lipinski definition) is 1. The molecule has 0 fully saturated rings. The molecule has 0 radical (unpaired) electrons. The highest BCUT2D eigenvalue weighted by Crippen LogP contribution is 2.24. The molecule has 1 N–H and O–H groups in total. The summed E-state index contributed by atoms with van der Waals surface area (Å²) in [6.07, 6.45) is 3.69. The van der Waals surface area contributed by atoms with E-state index in [4.69, 9.17) is 0 Å². The van der Waals surface area contributed by atoms with Gasteiger partial charge in [-0.2, -0.15) is 5.10 Å². The van der Waals surface area contributed by atoms with Gasteiger partial charge in [-0.3, -0.25) is 4.68 Å². The first-order valence-corrected chi connectivity index (χ1v) is 7.02. The van der Waals surface area contributed by atoms with Gasteiger partial charge in [0.15, 0.2) is 0 Å². The van der Waals surface area contributed by atoms with Gasteiger partial charge in [-0.05, 0) is 32.9 Å². The molecule has 1 unspecified atom stereocenters. The van der Waals surface area contributed by atoms with Crippen LogP contribution >= 0.6 is 15.9 Å². The maximum Gasteiger partial charge on any atom is 0.129 e. The average molecular weight is 326 g/mol. The van der Waals surface area contributed by atoms with Gasteiger partial charge < -0.3 is 5.32 Å². The van der Waals surface area contributed by atoms with Crippen LogP contribution in [0.2, 0.25) is 0 Å². The Balaban J connectivity index is 2.13. The summed E-state index contributed by atoms with van der Waals surface area (Å²) in [5.41, 5.74) is 1.53. The lowest BCUT2D eigenvalue weighted by molar-refractivity contribution is 0.532. The number of nitrogens with zero attached hydrogens (tertiary/aromatic N) is 2. The molecular formula is C14H17BrFN3. The van der Waals surface area contributed by atoms with Crippen LogP contribution in [-0.2, 0) is 0 Å². The molecule has 2 aromatic rings. The van der Waals surface area contributed by atoms with Gasteiger partial charge in [0, 0.05) is 22.3 Å². The zero-order valence-electron chi connectivity index (χ0n) is 11.2. The van der Waals surface area contributed by atoms with E-state index in [1.165, 1.54) is 6.07 Å². The van der Waals surface area contributed by atoms with E-state index in [0.717, 1.165) is 10.2 Å². The molecule has 0 spiro atoms. The number of hydrogen-bond acceptors (Lipinski definition) is 2. The second kappa shape index (κ2) is 5.74. The minimum Gasteiger partial charge on any atom is -0.376 e. The van der Waals surface area contributed by atoms with E-state index in [9.17, 15) is 4.39 Å². The molecule has 0 aliphatic rings. The Kier molecular flexibility index (Phi) is 4.24. The highest BCUT2D eigenvalue weighted by Gasteiger charge is 2.12. The van der Waals surface area contributed by atoms with Crippen LogP contribution in [0.3, 0.4) is 0 Å². The van der Waals surface area contributed by atoms with E-state index >= 15 is 0 Å². The summed E-state index contributed by atoms with van der Waals surface area (Å²) in [7, 11) is 0. The summed E-state index contributed by atoms with van der Waals surface area (Å²) < 4.78 is 16.5. The van der Waals surface area contributed by atoms with Gasteiger partial charge in [-0.25, -0.2) is 4.39 Å². The van der Waals surface area contributed by atoms with E-state index in [1.54, 1.807) is 12.3 Å². The van der Waals surface area contributed by atoms with Crippen molar-refractivity contribution in [1.29, 1.82) is 0 Å². The standard InChI is InChI=1S/C14H17BrFN3/c1-9(2)19-8-12(7-17-19)18-10(3)13-5-4-11(15)6-14(13)16/h4-10,18H,1-3H3. The zero-order chi connectivity index (χ0) is 14.0. The monoisotopic (exact) mass is 325 g/mol. The number of benzene rings is 1. The van der Waals surface area contributed by atoms with E-state index in [-0.39, 0.29) is 11.9 Å². The minimum atomic E-state index is -0.217. The lowest BCUT2D eigenvalue weighted by atomic mass is 10.1. The second-order valence-corrected chi connectivity index (χ2v) is 5.75. The van der Waals surface area contributed by atoms with Gasteiger partial charge in [0.1, 0.15) is 5.82 Å². The van der Waals surface area contributed by atoms with Crippen LogP contribution in [0.25, 0.3) is 0 Å². The predicted molar refractivity (Wildman–Crippen MR) is 78.7 cm³/mol. The van der Waals surface area contributed by atoms with Crippen molar-refractivity contribution in [2.45, 2.75) is 32.9 Å². The van der Waals surface area contributed by atoms with Gasteiger partial charge in [0.2, 0.25) is 0 Å². The van der Waals surface area contributed by atoms with Gasteiger partial charge in [0.25, 0.3) is 0 Å². The fourth-order valence-electron chi connectivity index (χ4n) is 1.88. The number of halogens is 2. The Bertz CT molecular complexity index is 566. The van der Waals surface area contributed by atoms with Crippen LogP contribution in [0.1, 0.15) is 38.4 Å². The normalized spacial score (nSPS) is 12.7. The molecule has 102 valence electrons. The maximum absolute atomic E-state index is 13.8. The molecule has 3 nitrogen and oxygen atoms in total. The third-order valence-electron chi connectivity index (χ3n) is 2.94. The smallest absolute Gasteiger partial charge is 0.129 e. The molecule has 0 amide bonds. The van der Waals surface area contributed by atoms with Crippen molar-refractivity contribution >= 4 is 21.6 Å². The molecule has 1 aromatic heterocycles. The fraction of sp³-hybridized carbons (Fsp3) is 0.357. The molecule has 1 atom stereocenters. The molecule has 0 aliphatic heterocycles. The third kappa shape index (κ3) is 3.35. The first-order valence-electron chi connectivity index (χ1n) is 6.23. The Morgan fingerprint density at radius 1 is 1.32 bits per heavy atom. The first kappa shape index (κ1) is 14.1. The van der Waals surface area contributed by atoms with Crippen LogP contribution < -0.4 is 5.32 Å². The lowest BCUT2D eigenvalue weighted by Crippen LogP contribution is -2.08. The van der Waals surface area contributed by atoms with Crippen LogP contribution in [0.5, 0.6) is 0 Å². The molecule has 1 aromatic carbocycles. The van der Waals surface area contributed by atoms with Crippen LogP contribution in [0, 0.1) is 5.82 Å². The van der Waals surface area contributed by atoms with Gasteiger partial charge in [-0.15, -0.1) is 0 Å². The van der Waals surface area contributed by atoms with Crippen molar-refractivity contribution in [2.75, 3.05) is 5.32 Å². The quantitative estimate of drug-likeness (QED) is 0.894. The Hall–Kier alpha value is -1.36. The molecular weight excluding hydrogens is 309 g/mol. The van der Waals surface area contributed by atoms with Crippen molar-refractivity contribution < 1.29 is 4.39 Å². The summed E-state index contributed by atoms with van der Waals surface area (Å²) in [5.74, 6) is -0.217. The van der Waals surface area contributed by atoms with Gasteiger partial charge in [0.05, 0.1) is 17.9 Å². The van der Waals surface area contributed by atoms with Crippen molar-refractivity contribution in [3.8, 4) is 0 Å². The van der Waals surface area contributed by atoms with E-state index < -0.39 is 0 Å². The van der Waals surface area contributed by atoms with Crippen LogP contribution in [-0.4, -0.2) is 9.78 Å². The highest BCUT2D eigenvalue weighted by atomic mass is 79.9. The Morgan fingerprint density at radius 2 is 2.05 bits per heavy atom. The summed E-state index contributed by atoms with van der Waals surface area (Å²) >= 11 is 3.26. The molecule has 0 saturated heterocycles. The minimum absolute atomic E-state index is 0.113. The fourth-order valence-corrected chi connectivity index (χ4v) is 2.21. The summed E-state index contributed by atoms with van der Waals surface area (Å²) in [5, 5.41) is 7.51. The van der Waals surface area contributed by atoms with E-state index in [2.05, 4.69) is 40.2 Å². The zero-order valence-corrected chi connectivity index (χ0v) is 12.8. The number of rotatable bonds is 4. The van der Waals surface area contributed by atoms with Crippen molar-refractivity contribution in [2.24, 2.45) is 0 Å². The molecule has 5 heteroatoms. The van der Waals surface area contributed by atoms with Gasteiger partial charge in [-0.1, -0.05) is 22.0 Å². The van der Waals surface area contributed by atoms with Gasteiger partial charge >= 0.3 is 0 Å². The lowest BCUT2D eigenvalue weighted by Gasteiger charge is -2.15. The molecule has 0 saturated carbocycles. The molecule has 0 aliphatic carbocycles. The van der Waals surface area contributed by atoms with Crippen molar-refractivity contribution in [1.82, 2.24) is 9.78 Å². The number of aromatic nitrogens is 2. The summed E-state index contributed by atoms with van der Waals surface area (Å²) in [6, 6.07) is 5.30. The van der Waals surface area contributed by atoms with Crippen molar-refractivity contribution in [3.63, 3.8) is 0 Å². The largest absolute Gasteiger partial charge is 0.376 e. The third-order valence-corrected chi connectivity index (χ3v) is 3.44. The Labute approximate surface area is 121 Å². The number of nitrogens with one attached hydrogen (secondary N) is 1. The topological polar surface area (TPSA) is 29.9 Å².